The monoisotopic (exact) mass is 281 g/mol. The normalized spacial score (nSPS) is 13.2. The number of fused-ring (bicyclic) bond motifs is 1. The topological polar surface area (TPSA) is 42.1 Å². The molecule has 21 heavy (non-hydrogen) atoms. The maximum atomic E-state index is 5.71. The fourth-order valence-corrected chi connectivity index (χ4v) is 2.98. The molecule has 110 valence electrons. The lowest BCUT2D eigenvalue weighted by Gasteiger charge is -2.24. The van der Waals surface area contributed by atoms with Crippen molar-refractivity contribution in [3.8, 4) is 0 Å². The Morgan fingerprint density at radius 3 is 2.90 bits per heavy atom. The van der Waals surface area contributed by atoms with Crippen LogP contribution in [-0.2, 0) is 12.8 Å². The van der Waals surface area contributed by atoms with Gasteiger partial charge in [-0.3, -0.25) is 0 Å². The van der Waals surface area contributed by atoms with Crippen molar-refractivity contribution in [3.05, 3.63) is 53.2 Å². The van der Waals surface area contributed by atoms with Gasteiger partial charge in [0, 0.05) is 17.9 Å². The van der Waals surface area contributed by atoms with E-state index in [0.717, 1.165) is 25.2 Å². The highest BCUT2D eigenvalue weighted by Crippen LogP contribution is 2.28. The van der Waals surface area contributed by atoms with E-state index in [1.54, 1.807) is 0 Å². The molecule has 0 atom stereocenters. The van der Waals surface area contributed by atoms with Crippen LogP contribution in [0.3, 0.4) is 0 Å². The predicted octanol–water partition coefficient (Wildman–Crippen LogP) is 3.37. The quantitative estimate of drug-likeness (QED) is 0.913. The summed E-state index contributed by atoms with van der Waals surface area (Å²) in [4.78, 5) is 7.19. The lowest BCUT2D eigenvalue weighted by atomic mass is 10.2. The molecule has 0 radical (unpaired) electrons. The molecule has 3 rings (SSSR count). The van der Waals surface area contributed by atoms with Gasteiger partial charge in [-0.25, -0.2) is 4.98 Å². The molecular weight excluding hydrogens is 258 g/mol. The zero-order valence-corrected chi connectivity index (χ0v) is 12.7. The van der Waals surface area contributed by atoms with E-state index in [2.05, 4.69) is 48.2 Å². The molecule has 0 bridgehead atoms. The molecule has 0 aliphatic heterocycles. The van der Waals surface area contributed by atoms with E-state index in [-0.39, 0.29) is 0 Å². The molecule has 0 amide bonds. The molecule has 0 fully saturated rings. The first-order valence-corrected chi connectivity index (χ1v) is 7.81. The van der Waals surface area contributed by atoms with Crippen LogP contribution in [0.25, 0.3) is 0 Å². The molecule has 1 aromatic heterocycles. The summed E-state index contributed by atoms with van der Waals surface area (Å²) in [6.45, 7) is 3.74. The number of pyridine rings is 1. The largest absolute Gasteiger partial charge is 0.330 e. The third-order valence-electron chi connectivity index (χ3n) is 4.09. The molecule has 3 heteroatoms. The van der Waals surface area contributed by atoms with Crippen molar-refractivity contribution < 1.29 is 0 Å². The number of aromatic nitrogens is 1. The summed E-state index contributed by atoms with van der Waals surface area (Å²) in [7, 11) is 0. The first-order valence-electron chi connectivity index (χ1n) is 7.81. The van der Waals surface area contributed by atoms with E-state index in [4.69, 9.17) is 10.7 Å². The Kier molecular flexibility index (Phi) is 4.20. The highest BCUT2D eigenvalue weighted by atomic mass is 15.2. The van der Waals surface area contributed by atoms with Crippen LogP contribution >= 0.6 is 0 Å². The van der Waals surface area contributed by atoms with Crippen molar-refractivity contribution >= 4 is 11.5 Å². The van der Waals surface area contributed by atoms with Gasteiger partial charge in [-0.1, -0.05) is 18.2 Å². The van der Waals surface area contributed by atoms with E-state index in [1.165, 1.54) is 35.3 Å². The Balaban J connectivity index is 1.95. The lowest BCUT2D eigenvalue weighted by Crippen LogP contribution is -2.22. The number of hydrogen-bond acceptors (Lipinski definition) is 3. The van der Waals surface area contributed by atoms with Crippen LogP contribution in [0.2, 0.25) is 0 Å². The van der Waals surface area contributed by atoms with Gasteiger partial charge in [-0.2, -0.15) is 0 Å². The first kappa shape index (κ1) is 14.1. The van der Waals surface area contributed by atoms with Crippen molar-refractivity contribution in [2.45, 2.75) is 32.6 Å². The number of benzene rings is 1. The molecule has 3 nitrogen and oxygen atoms in total. The average molecular weight is 281 g/mol. The SMILES string of the molecule is Cc1cccc(N(CCCN)c2ccc3c(n2)CCC3)c1. The fourth-order valence-electron chi connectivity index (χ4n) is 2.98. The summed E-state index contributed by atoms with van der Waals surface area (Å²) >= 11 is 0. The highest BCUT2D eigenvalue weighted by Gasteiger charge is 2.16. The molecule has 0 saturated carbocycles. The summed E-state index contributed by atoms with van der Waals surface area (Å²) in [5, 5.41) is 0. The van der Waals surface area contributed by atoms with Gasteiger partial charge in [0.15, 0.2) is 0 Å². The Hall–Kier alpha value is -1.87. The third kappa shape index (κ3) is 3.08. The van der Waals surface area contributed by atoms with Crippen LogP contribution in [0.5, 0.6) is 0 Å². The second kappa shape index (κ2) is 6.27. The minimum Gasteiger partial charge on any atom is -0.330 e. The van der Waals surface area contributed by atoms with Crippen LogP contribution in [0.15, 0.2) is 36.4 Å². The maximum absolute atomic E-state index is 5.71. The maximum Gasteiger partial charge on any atom is 0.133 e. The van der Waals surface area contributed by atoms with Crippen molar-refractivity contribution in [1.82, 2.24) is 4.98 Å². The molecule has 1 aromatic carbocycles. The van der Waals surface area contributed by atoms with Gasteiger partial charge in [-0.15, -0.1) is 0 Å². The van der Waals surface area contributed by atoms with E-state index in [1.807, 2.05) is 0 Å². The zero-order chi connectivity index (χ0) is 14.7. The molecule has 0 spiro atoms. The Morgan fingerprint density at radius 2 is 2.10 bits per heavy atom. The molecular formula is C18H23N3. The third-order valence-corrected chi connectivity index (χ3v) is 4.09. The second-order valence-corrected chi connectivity index (χ2v) is 5.76. The number of anilines is 2. The van der Waals surface area contributed by atoms with Crippen molar-refractivity contribution in [1.29, 1.82) is 0 Å². The van der Waals surface area contributed by atoms with Gasteiger partial charge in [0.05, 0.1) is 0 Å². The minimum absolute atomic E-state index is 0.702. The van der Waals surface area contributed by atoms with E-state index < -0.39 is 0 Å². The van der Waals surface area contributed by atoms with Gasteiger partial charge >= 0.3 is 0 Å². The number of rotatable bonds is 5. The zero-order valence-electron chi connectivity index (χ0n) is 12.7. The minimum atomic E-state index is 0.702. The highest BCUT2D eigenvalue weighted by molar-refractivity contribution is 5.61. The number of nitrogens with two attached hydrogens (primary N) is 1. The fraction of sp³-hybridized carbons (Fsp3) is 0.389. The summed E-state index contributed by atoms with van der Waals surface area (Å²) in [6.07, 6.45) is 4.49. The molecule has 1 aliphatic rings. The summed E-state index contributed by atoms with van der Waals surface area (Å²) in [5.74, 6) is 1.05. The molecule has 2 N–H and O–H groups in total. The van der Waals surface area contributed by atoms with Gasteiger partial charge in [-0.05, 0) is 68.5 Å². The van der Waals surface area contributed by atoms with Crippen molar-refractivity contribution in [2.24, 2.45) is 5.73 Å². The summed E-state index contributed by atoms with van der Waals surface area (Å²) < 4.78 is 0. The lowest BCUT2D eigenvalue weighted by molar-refractivity contribution is 0.806. The van der Waals surface area contributed by atoms with Gasteiger partial charge in [0.1, 0.15) is 5.82 Å². The standard InChI is InChI=1S/C18H23N3/c1-14-5-2-7-16(13-14)21(12-4-11-19)18-10-9-15-6-3-8-17(15)20-18/h2,5,7,9-10,13H,3-4,6,8,11-12,19H2,1H3. The van der Waals surface area contributed by atoms with Crippen molar-refractivity contribution in [2.75, 3.05) is 18.0 Å². The van der Waals surface area contributed by atoms with Crippen molar-refractivity contribution in [3.63, 3.8) is 0 Å². The van der Waals surface area contributed by atoms with Gasteiger partial charge < -0.3 is 10.6 Å². The second-order valence-electron chi connectivity index (χ2n) is 5.76. The Bertz CT molecular complexity index is 622. The van der Waals surface area contributed by atoms with Gasteiger partial charge in [0.25, 0.3) is 0 Å². The predicted molar refractivity (Wildman–Crippen MR) is 88.1 cm³/mol. The van der Waals surface area contributed by atoms with Gasteiger partial charge in [0.2, 0.25) is 0 Å². The summed E-state index contributed by atoms with van der Waals surface area (Å²) in [6, 6.07) is 13.0. The molecule has 2 aromatic rings. The molecule has 0 saturated heterocycles. The van der Waals surface area contributed by atoms with E-state index in [0.29, 0.717) is 6.54 Å². The van der Waals surface area contributed by atoms with Crippen LogP contribution < -0.4 is 10.6 Å². The Morgan fingerprint density at radius 1 is 1.19 bits per heavy atom. The van der Waals surface area contributed by atoms with E-state index >= 15 is 0 Å². The number of nitrogens with zero attached hydrogens (tertiary/aromatic N) is 2. The first-order chi connectivity index (χ1) is 10.3. The Labute approximate surface area is 126 Å². The molecule has 0 unspecified atom stereocenters. The summed E-state index contributed by atoms with van der Waals surface area (Å²) in [5.41, 5.74) is 10.9. The van der Waals surface area contributed by atoms with Crippen LogP contribution in [0.1, 0.15) is 29.7 Å². The number of hydrogen-bond donors (Lipinski definition) is 1. The van der Waals surface area contributed by atoms with Crippen LogP contribution in [0.4, 0.5) is 11.5 Å². The average Bonchev–Trinajstić information content (AvgIpc) is 2.95. The smallest absolute Gasteiger partial charge is 0.133 e. The van der Waals surface area contributed by atoms with Crippen LogP contribution in [-0.4, -0.2) is 18.1 Å². The number of aryl methyl sites for hydroxylation is 3. The molecule has 1 aliphatic carbocycles. The van der Waals surface area contributed by atoms with E-state index in [9.17, 15) is 0 Å². The van der Waals surface area contributed by atoms with Crippen LogP contribution in [0, 0.1) is 6.92 Å². The molecule has 1 heterocycles.